The first-order valence-corrected chi connectivity index (χ1v) is 11.8. The van der Waals surface area contributed by atoms with Gasteiger partial charge < -0.3 is 30.6 Å². The summed E-state index contributed by atoms with van der Waals surface area (Å²) in [5.74, 6) is 1.55. The Bertz CT molecular complexity index is 1250. The second-order valence-electron chi connectivity index (χ2n) is 8.79. The first-order chi connectivity index (χ1) is 16.6. The predicted octanol–water partition coefficient (Wildman–Crippen LogP) is 5.00. The van der Waals surface area contributed by atoms with Crippen molar-refractivity contribution >= 4 is 34.0 Å². The molecule has 1 aliphatic heterocycles. The number of likely N-dealkylation sites (N-methyl/N-ethyl adjacent to an activating group) is 1. The quantitative estimate of drug-likeness (QED) is 0.321. The molecule has 5 rings (SSSR count). The molecule has 4 N–H and O–H groups in total. The van der Waals surface area contributed by atoms with Crippen LogP contribution in [0.4, 0.5) is 23.0 Å². The number of hydrogen-bond acceptors (Lipinski definition) is 7. The smallest absolute Gasteiger partial charge is 0.233 e. The number of rotatable bonds is 8. The highest BCUT2D eigenvalue weighted by Gasteiger charge is 2.25. The Labute approximate surface area is 199 Å². The second-order valence-corrected chi connectivity index (χ2v) is 8.79. The summed E-state index contributed by atoms with van der Waals surface area (Å²) in [6.07, 6.45) is 4.24. The van der Waals surface area contributed by atoms with Crippen LogP contribution in [-0.2, 0) is 0 Å². The number of aromatic amines is 1. The lowest BCUT2D eigenvalue weighted by Gasteiger charge is -2.27. The van der Waals surface area contributed by atoms with Gasteiger partial charge in [-0.05, 0) is 61.9 Å². The number of anilines is 4. The molecule has 0 amide bonds. The van der Waals surface area contributed by atoms with Crippen molar-refractivity contribution in [3.05, 3.63) is 60.8 Å². The van der Waals surface area contributed by atoms with Crippen LogP contribution < -0.4 is 20.7 Å². The van der Waals surface area contributed by atoms with Crippen molar-refractivity contribution in [2.45, 2.75) is 25.8 Å². The Balaban J connectivity index is 1.31. The Kier molecular flexibility index (Phi) is 6.22. The van der Waals surface area contributed by atoms with Crippen LogP contribution in [0.3, 0.4) is 0 Å². The van der Waals surface area contributed by atoms with Gasteiger partial charge in [0.1, 0.15) is 11.4 Å². The molecule has 0 saturated carbocycles. The molecular formula is C26H31N7O. The van der Waals surface area contributed by atoms with Crippen LogP contribution in [0.5, 0.6) is 11.6 Å². The van der Waals surface area contributed by atoms with Gasteiger partial charge in [-0.3, -0.25) is 0 Å². The molecule has 4 aromatic rings. The number of likely N-dealkylation sites (tertiary alicyclic amines) is 1. The van der Waals surface area contributed by atoms with Gasteiger partial charge in [-0.1, -0.05) is 13.0 Å². The molecule has 0 unspecified atom stereocenters. The van der Waals surface area contributed by atoms with Gasteiger partial charge in [0.25, 0.3) is 0 Å². The zero-order chi connectivity index (χ0) is 23.5. The van der Waals surface area contributed by atoms with Crippen LogP contribution in [0.15, 0.2) is 60.8 Å². The second kappa shape index (κ2) is 9.61. The number of ether oxygens (including phenoxy) is 1. The van der Waals surface area contributed by atoms with E-state index in [4.69, 9.17) is 10.5 Å². The predicted molar refractivity (Wildman–Crippen MR) is 138 cm³/mol. The molecule has 1 aliphatic rings. The van der Waals surface area contributed by atoms with E-state index in [2.05, 4.69) is 68.3 Å². The van der Waals surface area contributed by atoms with Gasteiger partial charge in [0.2, 0.25) is 11.8 Å². The summed E-state index contributed by atoms with van der Waals surface area (Å²) in [7, 11) is 2.19. The van der Waals surface area contributed by atoms with Gasteiger partial charge in [0.05, 0.1) is 5.39 Å². The summed E-state index contributed by atoms with van der Waals surface area (Å²) in [5.41, 5.74) is 9.35. The molecule has 34 heavy (non-hydrogen) atoms. The average Bonchev–Trinajstić information content (AvgIpc) is 3.49. The maximum absolute atomic E-state index is 6.04. The molecule has 3 heterocycles. The molecular weight excluding hydrogens is 426 g/mol. The van der Waals surface area contributed by atoms with Crippen LogP contribution in [0.1, 0.15) is 19.8 Å². The molecule has 1 atom stereocenters. The SMILES string of the molecule is CCCN1CC[C@H](N(C)c2ccc(Nc3nc(Oc4cccc(N)c4)c4cc[nH]c4n3)cc2)C1. The first kappa shape index (κ1) is 22.0. The lowest BCUT2D eigenvalue weighted by molar-refractivity contribution is 0.334. The van der Waals surface area contributed by atoms with Crippen molar-refractivity contribution in [1.82, 2.24) is 19.9 Å². The minimum Gasteiger partial charge on any atom is -0.438 e. The summed E-state index contributed by atoms with van der Waals surface area (Å²) in [6.45, 7) is 5.74. The fourth-order valence-electron chi connectivity index (χ4n) is 4.50. The Morgan fingerprint density at radius 1 is 1.18 bits per heavy atom. The lowest BCUT2D eigenvalue weighted by atomic mass is 10.2. The van der Waals surface area contributed by atoms with E-state index in [1.165, 1.54) is 31.6 Å². The molecule has 0 bridgehead atoms. The van der Waals surface area contributed by atoms with Crippen LogP contribution in [-0.4, -0.2) is 52.6 Å². The van der Waals surface area contributed by atoms with Gasteiger partial charge in [0, 0.05) is 55.5 Å². The monoisotopic (exact) mass is 457 g/mol. The number of nitrogens with one attached hydrogen (secondary N) is 2. The molecule has 1 saturated heterocycles. The Morgan fingerprint density at radius 3 is 2.82 bits per heavy atom. The minimum atomic E-state index is 0.459. The Hall–Kier alpha value is -3.78. The van der Waals surface area contributed by atoms with Crippen LogP contribution >= 0.6 is 0 Å². The third kappa shape index (κ3) is 4.77. The summed E-state index contributed by atoms with van der Waals surface area (Å²) < 4.78 is 6.04. The van der Waals surface area contributed by atoms with Crippen LogP contribution in [0.25, 0.3) is 11.0 Å². The number of aromatic nitrogens is 3. The van der Waals surface area contributed by atoms with Crippen molar-refractivity contribution in [3.8, 4) is 11.6 Å². The molecule has 0 aliphatic carbocycles. The van der Waals surface area contributed by atoms with Crippen molar-refractivity contribution in [2.75, 3.05) is 42.6 Å². The van der Waals surface area contributed by atoms with Crippen molar-refractivity contribution < 1.29 is 4.74 Å². The zero-order valence-corrected chi connectivity index (χ0v) is 19.7. The number of H-pyrrole nitrogens is 1. The zero-order valence-electron chi connectivity index (χ0n) is 19.7. The first-order valence-electron chi connectivity index (χ1n) is 11.8. The summed E-state index contributed by atoms with van der Waals surface area (Å²) in [5, 5.41) is 4.11. The summed E-state index contributed by atoms with van der Waals surface area (Å²) in [4.78, 5) is 17.3. The van der Waals surface area contributed by atoms with Gasteiger partial charge in [-0.15, -0.1) is 0 Å². The average molecular weight is 458 g/mol. The molecule has 2 aromatic carbocycles. The molecule has 8 heteroatoms. The van der Waals surface area contributed by atoms with Gasteiger partial charge in [-0.25, -0.2) is 0 Å². The fourth-order valence-corrected chi connectivity index (χ4v) is 4.50. The minimum absolute atomic E-state index is 0.459. The molecule has 8 nitrogen and oxygen atoms in total. The van der Waals surface area contributed by atoms with E-state index in [1.54, 1.807) is 6.07 Å². The maximum Gasteiger partial charge on any atom is 0.233 e. The van der Waals surface area contributed by atoms with E-state index in [-0.39, 0.29) is 0 Å². The summed E-state index contributed by atoms with van der Waals surface area (Å²) >= 11 is 0. The third-order valence-corrected chi connectivity index (χ3v) is 6.32. The van der Waals surface area contributed by atoms with Crippen molar-refractivity contribution in [2.24, 2.45) is 0 Å². The van der Waals surface area contributed by atoms with E-state index < -0.39 is 0 Å². The number of nitrogens with zero attached hydrogens (tertiary/aromatic N) is 4. The third-order valence-electron chi connectivity index (χ3n) is 6.32. The van der Waals surface area contributed by atoms with Crippen LogP contribution in [0, 0.1) is 0 Å². The van der Waals surface area contributed by atoms with E-state index in [9.17, 15) is 0 Å². The lowest BCUT2D eigenvalue weighted by Crippen LogP contribution is -2.34. The molecule has 1 fully saturated rings. The van der Waals surface area contributed by atoms with Gasteiger partial charge in [0.15, 0.2) is 0 Å². The van der Waals surface area contributed by atoms with Crippen molar-refractivity contribution in [1.29, 1.82) is 0 Å². The van der Waals surface area contributed by atoms with E-state index >= 15 is 0 Å². The normalized spacial score (nSPS) is 16.1. The molecule has 176 valence electrons. The number of nitrogens with two attached hydrogens (primary N) is 1. The highest BCUT2D eigenvalue weighted by atomic mass is 16.5. The topological polar surface area (TPSA) is 95.3 Å². The highest BCUT2D eigenvalue weighted by molar-refractivity contribution is 5.82. The summed E-state index contributed by atoms with van der Waals surface area (Å²) in [6, 6.07) is 18.2. The largest absolute Gasteiger partial charge is 0.438 e. The maximum atomic E-state index is 6.04. The Morgan fingerprint density at radius 2 is 2.03 bits per heavy atom. The highest BCUT2D eigenvalue weighted by Crippen LogP contribution is 2.30. The van der Waals surface area contributed by atoms with E-state index in [0.29, 0.717) is 35.0 Å². The molecule has 2 aromatic heterocycles. The number of fused-ring (bicyclic) bond motifs is 1. The number of benzene rings is 2. The molecule has 0 spiro atoms. The van der Waals surface area contributed by atoms with E-state index in [0.717, 1.165) is 17.6 Å². The van der Waals surface area contributed by atoms with Gasteiger partial charge in [-0.2, -0.15) is 9.97 Å². The van der Waals surface area contributed by atoms with Crippen molar-refractivity contribution in [3.63, 3.8) is 0 Å². The van der Waals surface area contributed by atoms with E-state index in [1.807, 2.05) is 30.5 Å². The van der Waals surface area contributed by atoms with Crippen LogP contribution in [0.2, 0.25) is 0 Å². The fraction of sp³-hybridized carbons (Fsp3) is 0.308. The number of nitrogen functional groups attached to an aromatic ring is 1. The number of hydrogen-bond donors (Lipinski definition) is 3. The standard InChI is InChI=1S/C26H31N7O/c1-3-14-33-15-12-21(17-33)32(2)20-9-7-19(8-10-20)29-26-30-24-23(11-13-28-24)25(31-26)34-22-6-4-5-18(27)16-22/h4-11,13,16,21H,3,12,14-15,17,27H2,1-2H3,(H2,28,29,30,31)/t21-/m0/s1. The van der Waals surface area contributed by atoms with Gasteiger partial charge >= 0.3 is 0 Å². The molecule has 0 radical (unpaired) electrons.